The van der Waals surface area contributed by atoms with Gasteiger partial charge in [-0.05, 0) is 169 Å². The first-order chi connectivity index (χ1) is 26.1. The fraction of sp³-hybridized carbons (Fsp3) is 0.309. The summed E-state index contributed by atoms with van der Waals surface area (Å²) < 4.78 is 0. The van der Waals surface area contributed by atoms with Crippen molar-refractivity contribution in [2.75, 3.05) is 0 Å². The molecule has 0 radical (unpaired) electrons. The second-order valence-electron chi connectivity index (χ2n) is 14.3. The standard InChI is InChI=1S/C50H52.2C2H6.CH4/c1-10-33(4)25-26-35(6)50(40-29-27-39(28-30-40)45-23-16-24-47-46-20-14-12-18-41(46)31-48(45)47)37(8)36(7)49(32(2)3)44-22-15-21-43(38(44)9)42-19-13-11-17-34(42)5;2*1-2;/h11-27,29H,2,10,28,30-31H2,1,3-9H3;2*1-2H3;1H4/b33-25-,35-26+,49-36+,50-37-;;;. The van der Waals surface area contributed by atoms with Crippen LogP contribution < -0.4 is 0 Å². The third kappa shape index (κ3) is 9.66. The van der Waals surface area contributed by atoms with Crippen molar-refractivity contribution in [3.8, 4) is 22.3 Å². The zero-order valence-corrected chi connectivity index (χ0v) is 35.4. The minimum Gasteiger partial charge on any atom is -0.0955 e. The molecule has 0 heterocycles. The van der Waals surface area contributed by atoms with Crippen molar-refractivity contribution < 1.29 is 0 Å². The van der Waals surface area contributed by atoms with Crippen molar-refractivity contribution in [2.45, 2.75) is 116 Å². The molecule has 288 valence electrons. The maximum atomic E-state index is 4.54. The number of hydrogen-bond donors (Lipinski definition) is 0. The first kappa shape index (κ1) is 44.5. The summed E-state index contributed by atoms with van der Waals surface area (Å²) >= 11 is 0. The molecule has 6 rings (SSSR count). The predicted octanol–water partition coefficient (Wildman–Crippen LogP) is 17.0. The summed E-state index contributed by atoms with van der Waals surface area (Å²) in [6, 6.07) is 31.2. The van der Waals surface area contributed by atoms with Crippen LogP contribution >= 0.6 is 0 Å². The van der Waals surface area contributed by atoms with Crippen molar-refractivity contribution in [1.29, 1.82) is 0 Å². The van der Waals surface area contributed by atoms with E-state index in [1.165, 1.54) is 100 Å². The Morgan fingerprint density at radius 2 is 1.20 bits per heavy atom. The second-order valence-corrected chi connectivity index (χ2v) is 14.3. The minimum atomic E-state index is 0. The Labute approximate surface area is 336 Å². The molecule has 2 aliphatic rings. The highest BCUT2D eigenvalue weighted by Crippen LogP contribution is 2.44. The molecule has 0 saturated carbocycles. The molecule has 55 heavy (non-hydrogen) atoms. The Hall–Kier alpha value is -4.94. The lowest BCUT2D eigenvalue weighted by Gasteiger charge is -2.24. The Balaban J connectivity index is 0.00000157. The molecule has 0 nitrogen and oxygen atoms in total. The highest BCUT2D eigenvalue weighted by Gasteiger charge is 2.24. The molecule has 0 aliphatic heterocycles. The Bertz CT molecular complexity index is 2180. The van der Waals surface area contributed by atoms with Crippen LogP contribution in [0.15, 0.2) is 155 Å². The van der Waals surface area contributed by atoms with Gasteiger partial charge in [-0.1, -0.05) is 169 Å². The Morgan fingerprint density at radius 3 is 1.84 bits per heavy atom. The molecule has 0 N–H and O–H groups in total. The van der Waals surface area contributed by atoms with Gasteiger partial charge in [-0.3, -0.25) is 0 Å². The summed E-state index contributed by atoms with van der Waals surface area (Å²) in [6.07, 6.45) is 13.5. The quantitative estimate of drug-likeness (QED) is 0.133. The van der Waals surface area contributed by atoms with Gasteiger partial charge >= 0.3 is 0 Å². The van der Waals surface area contributed by atoms with Crippen molar-refractivity contribution in [2.24, 2.45) is 0 Å². The fourth-order valence-corrected chi connectivity index (χ4v) is 7.99. The van der Waals surface area contributed by atoms with E-state index < -0.39 is 0 Å². The van der Waals surface area contributed by atoms with Gasteiger partial charge in [0, 0.05) is 0 Å². The zero-order valence-electron chi connectivity index (χ0n) is 35.4. The van der Waals surface area contributed by atoms with Crippen LogP contribution in [0.2, 0.25) is 0 Å². The van der Waals surface area contributed by atoms with Crippen LogP contribution in [0.1, 0.15) is 129 Å². The lowest BCUT2D eigenvalue weighted by molar-refractivity contribution is 0.975. The van der Waals surface area contributed by atoms with Crippen LogP contribution in [0.4, 0.5) is 0 Å². The molecule has 0 unspecified atom stereocenters. The average molecular weight is 729 g/mol. The molecular formula is C55H68. The number of allylic oxidation sites excluding steroid dienone is 13. The summed E-state index contributed by atoms with van der Waals surface area (Å²) in [5.74, 6) is 0. The smallest absolute Gasteiger partial charge is 0.000740 e. The molecule has 0 atom stereocenters. The van der Waals surface area contributed by atoms with E-state index in [0.29, 0.717) is 0 Å². The molecule has 0 bridgehead atoms. The summed E-state index contributed by atoms with van der Waals surface area (Å²) in [4.78, 5) is 0. The third-order valence-corrected chi connectivity index (χ3v) is 11.0. The number of benzene rings is 4. The normalized spacial score (nSPS) is 14.3. The minimum absolute atomic E-state index is 0. The summed E-state index contributed by atoms with van der Waals surface area (Å²) in [7, 11) is 0. The van der Waals surface area contributed by atoms with Crippen LogP contribution in [-0.2, 0) is 6.42 Å². The van der Waals surface area contributed by atoms with Crippen molar-refractivity contribution >= 4 is 11.1 Å². The van der Waals surface area contributed by atoms with Gasteiger partial charge in [0.2, 0.25) is 0 Å². The first-order valence-electron chi connectivity index (χ1n) is 20.3. The van der Waals surface area contributed by atoms with Gasteiger partial charge in [-0.25, -0.2) is 0 Å². The highest BCUT2D eigenvalue weighted by molar-refractivity contribution is 5.88. The molecule has 0 spiro atoms. The van der Waals surface area contributed by atoms with E-state index >= 15 is 0 Å². The lowest BCUT2D eigenvalue weighted by Crippen LogP contribution is -2.04. The lowest BCUT2D eigenvalue weighted by atomic mass is 9.80. The SMILES string of the molecule is C.C=C(C)\C(=C(C)/C(C)=C(C1=CC=C(c2cccc3c2Cc2ccccc2-3)CC1)/C(C)=C/C=C(/C)CC)c1cccc(-c2ccccc2C)c1C.CC.CC. The summed E-state index contributed by atoms with van der Waals surface area (Å²) in [6.45, 7) is 30.5. The van der Waals surface area contributed by atoms with E-state index in [0.717, 1.165) is 31.3 Å². The molecule has 0 saturated heterocycles. The van der Waals surface area contributed by atoms with Gasteiger partial charge in [0.25, 0.3) is 0 Å². The molecule has 0 amide bonds. The Morgan fingerprint density at radius 1 is 0.618 bits per heavy atom. The van der Waals surface area contributed by atoms with E-state index in [1.54, 1.807) is 0 Å². The second kappa shape index (κ2) is 20.7. The van der Waals surface area contributed by atoms with E-state index in [2.05, 4.69) is 171 Å². The van der Waals surface area contributed by atoms with E-state index in [9.17, 15) is 0 Å². The molecular weight excluding hydrogens is 661 g/mol. The van der Waals surface area contributed by atoms with Crippen LogP contribution in [0, 0.1) is 13.8 Å². The molecule has 0 heteroatoms. The maximum Gasteiger partial charge on any atom is -0.000740 e. The van der Waals surface area contributed by atoms with Crippen molar-refractivity contribution in [3.63, 3.8) is 0 Å². The highest BCUT2D eigenvalue weighted by atomic mass is 14.3. The van der Waals surface area contributed by atoms with Crippen LogP contribution in [-0.4, -0.2) is 0 Å². The molecule has 0 aromatic heterocycles. The molecule has 4 aromatic rings. The molecule has 2 aliphatic carbocycles. The van der Waals surface area contributed by atoms with E-state index in [4.69, 9.17) is 0 Å². The van der Waals surface area contributed by atoms with Crippen molar-refractivity contribution in [3.05, 3.63) is 188 Å². The number of rotatable bonds is 9. The fourth-order valence-electron chi connectivity index (χ4n) is 7.99. The number of fused-ring (bicyclic) bond motifs is 3. The van der Waals surface area contributed by atoms with Gasteiger partial charge in [0.1, 0.15) is 0 Å². The topological polar surface area (TPSA) is 0 Å². The number of aryl methyl sites for hydroxylation is 1. The third-order valence-electron chi connectivity index (χ3n) is 11.0. The molecule has 0 fully saturated rings. The predicted molar refractivity (Wildman–Crippen MR) is 249 cm³/mol. The van der Waals surface area contributed by atoms with E-state index in [1.807, 2.05) is 27.7 Å². The average Bonchev–Trinajstić information content (AvgIpc) is 3.59. The number of hydrogen-bond acceptors (Lipinski definition) is 0. The largest absolute Gasteiger partial charge is 0.0955 e. The zero-order chi connectivity index (χ0) is 39.5. The molecule has 4 aromatic carbocycles. The van der Waals surface area contributed by atoms with Gasteiger partial charge in [0.05, 0.1) is 0 Å². The monoisotopic (exact) mass is 729 g/mol. The van der Waals surface area contributed by atoms with Crippen molar-refractivity contribution in [1.82, 2.24) is 0 Å². The van der Waals surface area contributed by atoms with E-state index in [-0.39, 0.29) is 7.43 Å². The van der Waals surface area contributed by atoms with Crippen LogP contribution in [0.5, 0.6) is 0 Å². The van der Waals surface area contributed by atoms with Gasteiger partial charge in [-0.15, -0.1) is 0 Å². The first-order valence-corrected chi connectivity index (χ1v) is 20.3. The van der Waals surface area contributed by atoms with Gasteiger partial charge in [-0.2, -0.15) is 0 Å². The van der Waals surface area contributed by atoms with Crippen LogP contribution in [0.25, 0.3) is 33.4 Å². The van der Waals surface area contributed by atoms with Gasteiger partial charge < -0.3 is 0 Å². The van der Waals surface area contributed by atoms with Crippen LogP contribution in [0.3, 0.4) is 0 Å². The maximum absolute atomic E-state index is 4.54. The van der Waals surface area contributed by atoms with Gasteiger partial charge in [0.15, 0.2) is 0 Å². The summed E-state index contributed by atoms with van der Waals surface area (Å²) in [5.41, 5.74) is 25.4. The summed E-state index contributed by atoms with van der Waals surface area (Å²) in [5, 5.41) is 0. The Kier molecular flexibility index (Phi) is 16.7.